The van der Waals surface area contributed by atoms with Crippen molar-refractivity contribution in [1.29, 1.82) is 5.26 Å². The van der Waals surface area contributed by atoms with Crippen molar-refractivity contribution in [2.75, 3.05) is 0 Å². The van der Waals surface area contributed by atoms with Crippen LogP contribution in [0.3, 0.4) is 0 Å². The highest BCUT2D eigenvalue weighted by molar-refractivity contribution is 5.81. The van der Waals surface area contributed by atoms with Gasteiger partial charge in [0.1, 0.15) is 0 Å². The Morgan fingerprint density at radius 3 is 2.76 bits per heavy atom. The molecule has 2 rings (SSSR count). The van der Waals surface area contributed by atoms with E-state index in [2.05, 4.69) is 18.0 Å². The van der Waals surface area contributed by atoms with Gasteiger partial charge in [-0.3, -0.25) is 4.79 Å². The number of carbonyl (C=O) groups is 1. The fourth-order valence-corrected chi connectivity index (χ4v) is 2.15. The number of allylic oxidation sites excluding steroid dienone is 1. The summed E-state index contributed by atoms with van der Waals surface area (Å²) in [5.74, 6) is 0.132. The van der Waals surface area contributed by atoms with Crippen molar-refractivity contribution in [1.82, 2.24) is 5.32 Å². The van der Waals surface area contributed by atoms with Crippen LogP contribution in [0.25, 0.3) is 0 Å². The van der Waals surface area contributed by atoms with Crippen LogP contribution >= 0.6 is 0 Å². The van der Waals surface area contributed by atoms with Gasteiger partial charge < -0.3 is 5.32 Å². The Kier molecular flexibility index (Phi) is 3.24. The number of carbonyl (C=O) groups excluding carboxylic acids is 1. The molecule has 1 aromatic rings. The molecule has 3 heteroatoms. The van der Waals surface area contributed by atoms with Gasteiger partial charge in [0.05, 0.1) is 17.7 Å². The first-order valence-electron chi connectivity index (χ1n) is 5.66. The molecule has 0 spiro atoms. The Bertz CT molecular complexity index is 470. The SMILES string of the molecule is C=CC[C@H]1C[C@H](c2ccc(C#N)cc2)NC1=O. The second-order valence-electron chi connectivity index (χ2n) is 4.25. The molecule has 1 amide bonds. The van der Waals surface area contributed by atoms with Gasteiger partial charge in [-0.25, -0.2) is 0 Å². The molecule has 1 aromatic carbocycles. The molecular weight excluding hydrogens is 212 g/mol. The minimum atomic E-state index is 0.0353. The molecular formula is C14H14N2O. The van der Waals surface area contributed by atoms with Crippen LogP contribution in [0, 0.1) is 17.2 Å². The second kappa shape index (κ2) is 4.84. The van der Waals surface area contributed by atoms with Gasteiger partial charge in [-0.1, -0.05) is 18.2 Å². The van der Waals surface area contributed by atoms with Crippen molar-refractivity contribution in [3.8, 4) is 6.07 Å². The zero-order valence-electron chi connectivity index (χ0n) is 9.52. The van der Waals surface area contributed by atoms with E-state index >= 15 is 0 Å². The van der Waals surface area contributed by atoms with E-state index in [1.165, 1.54) is 0 Å². The predicted octanol–water partition coefficient (Wildman–Crippen LogP) is 2.31. The number of nitrogens with zero attached hydrogens (tertiary/aromatic N) is 1. The first kappa shape index (κ1) is 11.4. The van der Waals surface area contributed by atoms with Gasteiger partial charge in [-0.15, -0.1) is 6.58 Å². The molecule has 0 radical (unpaired) electrons. The van der Waals surface area contributed by atoms with Crippen LogP contribution in [0.1, 0.15) is 30.0 Å². The third-order valence-electron chi connectivity index (χ3n) is 3.10. The van der Waals surface area contributed by atoms with Crippen LogP contribution in [-0.2, 0) is 4.79 Å². The molecule has 0 unspecified atom stereocenters. The summed E-state index contributed by atoms with van der Waals surface area (Å²) in [5.41, 5.74) is 1.70. The summed E-state index contributed by atoms with van der Waals surface area (Å²) in [6, 6.07) is 9.52. The predicted molar refractivity (Wildman–Crippen MR) is 65.0 cm³/mol. The maximum absolute atomic E-state index is 11.7. The second-order valence-corrected chi connectivity index (χ2v) is 4.25. The molecule has 1 aliphatic heterocycles. The Hall–Kier alpha value is -2.08. The number of hydrogen-bond acceptors (Lipinski definition) is 2. The third kappa shape index (κ3) is 2.36. The van der Waals surface area contributed by atoms with Crippen molar-refractivity contribution < 1.29 is 4.79 Å². The maximum Gasteiger partial charge on any atom is 0.223 e. The summed E-state index contributed by atoms with van der Waals surface area (Å²) < 4.78 is 0. The van der Waals surface area contributed by atoms with E-state index in [0.29, 0.717) is 5.56 Å². The van der Waals surface area contributed by atoms with E-state index in [1.807, 2.05) is 12.1 Å². The smallest absolute Gasteiger partial charge is 0.223 e. The topological polar surface area (TPSA) is 52.9 Å². The van der Waals surface area contributed by atoms with Gasteiger partial charge in [-0.2, -0.15) is 5.26 Å². The molecule has 1 N–H and O–H groups in total. The highest BCUT2D eigenvalue weighted by Crippen LogP contribution is 2.30. The van der Waals surface area contributed by atoms with E-state index in [9.17, 15) is 4.79 Å². The molecule has 2 atom stereocenters. The quantitative estimate of drug-likeness (QED) is 0.804. The van der Waals surface area contributed by atoms with Gasteiger partial charge in [0, 0.05) is 5.92 Å². The van der Waals surface area contributed by atoms with Crippen LogP contribution in [-0.4, -0.2) is 5.91 Å². The van der Waals surface area contributed by atoms with Crippen LogP contribution in [0.15, 0.2) is 36.9 Å². The Balaban J connectivity index is 2.11. The Morgan fingerprint density at radius 1 is 1.47 bits per heavy atom. The van der Waals surface area contributed by atoms with Crippen molar-refractivity contribution in [2.45, 2.75) is 18.9 Å². The summed E-state index contributed by atoms with van der Waals surface area (Å²) in [7, 11) is 0. The summed E-state index contributed by atoms with van der Waals surface area (Å²) in [6.07, 6.45) is 3.31. The van der Waals surface area contributed by atoms with Crippen molar-refractivity contribution in [3.63, 3.8) is 0 Å². The molecule has 1 aliphatic rings. The van der Waals surface area contributed by atoms with Gasteiger partial charge in [0.15, 0.2) is 0 Å². The molecule has 86 valence electrons. The first-order valence-corrected chi connectivity index (χ1v) is 5.66. The van der Waals surface area contributed by atoms with E-state index in [0.717, 1.165) is 18.4 Å². The minimum absolute atomic E-state index is 0.0353. The lowest BCUT2D eigenvalue weighted by molar-refractivity contribution is -0.122. The molecule has 0 saturated carbocycles. The summed E-state index contributed by atoms with van der Waals surface area (Å²) in [6.45, 7) is 3.66. The number of nitrogens with one attached hydrogen (secondary N) is 1. The van der Waals surface area contributed by atoms with E-state index < -0.39 is 0 Å². The fourth-order valence-electron chi connectivity index (χ4n) is 2.15. The number of nitriles is 1. The molecule has 0 aromatic heterocycles. The van der Waals surface area contributed by atoms with E-state index in [1.54, 1.807) is 18.2 Å². The maximum atomic E-state index is 11.7. The lowest BCUT2D eigenvalue weighted by Gasteiger charge is -2.09. The molecule has 3 nitrogen and oxygen atoms in total. The minimum Gasteiger partial charge on any atom is -0.349 e. The summed E-state index contributed by atoms with van der Waals surface area (Å²) >= 11 is 0. The van der Waals surface area contributed by atoms with Crippen LogP contribution in [0.5, 0.6) is 0 Å². The Morgan fingerprint density at radius 2 is 2.18 bits per heavy atom. The Labute approximate surface area is 101 Å². The molecule has 1 fully saturated rings. The standard InChI is InChI=1S/C14H14N2O/c1-2-3-12-8-13(16-14(12)17)11-6-4-10(9-15)5-7-11/h2,4-7,12-13H,1,3,8H2,(H,16,17)/t12-,13+/m0/s1. The van der Waals surface area contributed by atoms with Gasteiger partial charge in [0.2, 0.25) is 5.91 Å². The highest BCUT2D eigenvalue weighted by atomic mass is 16.2. The van der Waals surface area contributed by atoms with Gasteiger partial charge in [-0.05, 0) is 30.5 Å². The fraction of sp³-hybridized carbons (Fsp3) is 0.286. The number of benzene rings is 1. The number of amides is 1. The summed E-state index contributed by atoms with van der Waals surface area (Å²) in [4.78, 5) is 11.7. The average Bonchev–Trinajstić information content (AvgIpc) is 2.72. The zero-order valence-corrected chi connectivity index (χ0v) is 9.52. The van der Waals surface area contributed by atoms with Crippen LogP contribution < -0.4 is 5.32 Å². The van der Waals surface area contributed by atoms with E-state index in [-0.39, 0.29) is 17.9 Å². The normalized spacial score (nSPS) is 22.9. The lowest BCUT2D eigenvalue weighted by Crippen LogP contribution is -2.21. The third-order valence-corrected chi connectivity index (χ3v) is 3.10. The molecule has 1 saturated heterocycles. The van der Waals surface area contributed by atoms with Crippen molar-refractivity contribution >= 4 is 5.91 Å². The lowest BCUT2D eigenvalue weighted by atomic mass is 9.97. The van der Waals surface area contributed by atoms with Gasteiger partial charge in [0.25, 0.3) is 0 Å². The van der Waals surface area contributed by atoms with Crippen molar-refractivity contribution in [3.05, 3.63) is 48.0 Å². The van der Waals surface area contributed by atoms with Crippen molar-refractivity contribution in [2.24, 2.45) is 5.92 Å². The van der Waals surface area contributed by atoms with Crippen LogP contribution in [0.4, 0.5) is 0 Å². The largest absolute Gasteiger partial charge is 0.349 e. The molecule has 1 heterocycles. The van der Waals surface area contributed by atoms with Crippen LogP contribution in [0.2, 0.25) is 0 Å². The molecule has 0 bridgehead atoms. The molecule has 17 heavy (non-hydrogen) atoms. The average molecular weight is 226 g/mol. The number of hydrogen-bond donors (Lipinski definition) is 1. The van der Waals surface area contributed by atoms with Gasteiger partial charge >= 0.3 is 0 Å². The molecule has 0 aliphatic carbocycles. The van der Waals surface area contributed by atoms with E-state index in [4.69, 9.17) is 5.26 Å². The first-order chi connectivity index (χ1) is 8.24. The summed E-state index contributed by atoms with van der Waals surface area (Å²) in [5, 5.41) is 11.7. The zero-order chi connectivity index (χ0) is 12.3. The monoisotopic (exact) mass is 226 g/mol. The highest BCUT2D eigenvalue weighted by Gasteiger charge is 2.31. The number of rotatable bonds is 3.